The van der Waals surface area contributed by atoms with Crippen molar-refractivity contribution >= 4 is 5.78 Å². The maximum absolute atomic E-state index is 12.5. The van der Waals surface area contributed by atoms with Crippen molar-refractivity contribution in [1.29, 1.82) is 0 Å². The molecule has 1 fully saturated rings. The Kier molecular flexibility index (Phi) is 4.52. The molecule has 0 radical (unpaired) electrons. The van der Waals surface area contributed by atoms with Crippen LogP contribution in [0.3, 0.4) is 0 Å². The van der Waals surface area contributed by atoms with Gasteiger partial charge in [0.2, 0.25) is 5.78 Å². The van der Waals surface area contributed by atoms with Gasteiger partial charge in [0.25, 0.3) is 0 Å². The van der Waals surface area contributed by atoms with Gasteiger partial charge in [-0.1, -0.05) is 38.7 Å². The van der Waals surface area contributed by atoms with Gasteiger partial charge in [-0.2, -0.15) is 0 Å². The molecule has 2 aromatic rings. The van der Waals surface area contributed by atoms with Gasteiger partial charge in [0.05, 0.1) is 0 Å². The monoisotopic (exact) mass is 295 g/mol. The first-order valence-corrected chi connectivity index (χ1v) is 7.97. The lowest BCUT2D eigenvalue weighted by Gasteiger charge is -2.21. The summed E-state index contributed by atoms with van der Waals surface area (Å²) in [6.07, 6.45) is 10.5. The zero-order valence-electron chi connectivity index (χ0n) is 12.8. The first-order valence-electron chi connectivity index (χ1n) is 7.97. The van der Waals surface area contributed by atoms with E-state index in [0.717, 1.165) is 12.0 Å². The summed E-state index contributed by atoms with van der Waals surface area (Å²) >= 11 is 0. The van der Waals surface area contributed by atoms with Crippen LogP contribution < -0.4 is 0 Å². The predicted octanol–water partition coefficient (Wildman–Crippen LogP) is 5.05. The number of hydrogen-bond acceptors (Lipinski definition) is 3. The zero-order chi connectivity index (χ0) is 15.4. The quantitative estimate of drug-likeness (QED) is 0.572. The fraction of sp³-hybridized carbons (Fsp3) is 0.368. The molecule has 0 bridgehead atoms. The van der Waals surface area contributed by atoms with Crippen LogP contribution in [0.25, 0.3) is 11.3 Å². The van der Waals surface area contributed by atoms with Crippen molar-refractivity contribution in [2.24, 2.45) is 5.92 Å². The van der Waals surface area contributed by atoms with Gasteiger partial charge in [-0.3, -0.25) is 9.78 Å². The minimum Gasteiger partial charge on any atom is -0.453 e. The van der Waals surface area contributed by atoms with Gasteiger partial charge >= 0.3 is 0 Å². The van der Waals surface area contributed by atoms with Crippen molar-refractivity contribution in [2.75, 3.05) is 0 Å². The van der Waals surface area contributed by atoms with Crippen molar-refractivity contribution in [3.8, 4) is 11.3 Å². The lowest BCUT2D eigenvalue weighted by molar-refractivity contribution is 0.0997. The molecule has 1 aliphatic rings. The van der Waals surface area contributed by atoms with Crippen molar-refractivity contribution in [2.45, 2.75) is 38.5 Å². The SMILES string of the molecule is C=C(CC1CCCCC1)C(=O)c1ccc(-c2cccnc2)o1. The smallest absolute Gasteiger partial charge is 0.223 e. The number of Topliss-reactive ketones (excluding diaryl/α,β-unsaturated/α-hetero) is 1. The fourth-order valence-corrected chi connectivity index (χ4v) is 3.13. The predicted molar refractivity (Wildman–Crippen MR) is 86.6 cm³/mol. The highest BCUT2D eigenvalue weighted by atomic mass is 16.3. The molecular weight excluding hydrogens is 274 g/mol. The first-order chi connectivity index (χ1) is 10.7. The summed E-state index contributed by atoms with van der Waals surface area (Å²) in [7, 11) is 0. The highest BCUT2D eigenvalue weighted by Crippen LogP contribution is 2.30. The summed E-state index contributed by atoms with van der Waals surface area (Å²) in [5.41, 5.74) is 1.54. The van der Waals surface area contributed by atoms with E-state index in [-0.39, 0.29) is 5.78 Å². The van der Waals surface area contributed by atoms with Gasteiger partial charge in [0.15, 0.2) is 5.76 Å². The van der Waals surface area contributed by atoms with Crippen molar-refractivity contribution < 1.29 is 9.21 Å². The summed E-state index contributed by atoms with van der Waals surface area (Å²) < 4.78 is 5.69. The normalized spacial score (nSPS) is 15.6. The van der Waals surface area contributed by atoms with E-state index in [1.165, 1.54) is 32.1 Å². The van der Waals surface area contributed by atoms with E-state index >= 15 is 0 Å². The van der Waals surface area contributed by atoms with Gasteiger partial charge in [0.1, 0.15) is 5.76 Å². The largest absolute Gasteiger partial charge is 0.453 e. The molecule has 0 amide bonds. The molecule has 0 aromatic carbocycles. The van der Waals surface area contributed by atoms with Crippen molar-refractivity contribution in [3.63, 3.8) is 0 Å². The molecule has 3 rings (SSSR count). The Labute approximate surface area is 131 Å². The Hall–Kier alpha value is -2.16. The number of rotatable bonds is 5. The zero-order valence-corrected chi connectivity index (χ0v) is 12.8. The minimum absolute atomic E-state index is 0.0688. The van der Waals surface area contributed by atoms with Crippen LogP contribution in [0.1, 0.15) is 49.1 Å². The number of ketones is 1. The third-order valence-corrected chi connectivity index (χ3v) is 4.36. The standard InChI is InChI=1S/C19H21NO2/c1-14(12-15-6-3-2-4-7-15)19(21)18-10-9-17(22-18)16-8-5-11-20-13-16/h5,8-11,13,15H,1-4,6-7,12H2. The average molecular weight is 295 g/mol. The number of aromatic nitrogens is 1. The second kappa shape index (κ2) is 6.73. The van der Waals surface area contributed by atoms with E-state index in [0.29, 0.717) is 23.0 Å². The molecule has 0 saturated heterocycles. The lowest BCUT2D eigenvalue weighted by Crippen LogP contribution is -2.11. The highest BCUT2D eigenvalue weighted by molar-refractivity contribution is 6.06. The summed E-state index contributed by atoms with van der Waals surface area (Å²) in [5.74, 6) is 1.58. The van der Waals surface area contributed by atoms with E-state index in [9.17, 15) is 4.79 Å². The maximum atomic E-state index is 12.5. The Morgan fingerprint density at radius 2 is 2.05 bits per heavy atom. The maximum Gasteiger partial charge on any atom is 0.223 e. The van der Waals surface area contributed by atoms with Gasteiger partial charge in [-0.15, -0.1) is 0 Å². The number of carbonyl (C=O) groups excluding carboxylic acids is 1. The van der Waals surface area contributed by atoms with Crippen molar-refractivity contribution in [1.82, 2.24) is 4.98 Å². The topological polar surface area (TPSA) is 43.1 Å². The molecule has 2 aromatic heterocycles. The summed E-state index contributed by atoms with van der Waals surface area (Å²) in [5, 5.41) is 0. The Morgan fingerprint density at radius 3 is 2.77 bits per heavy atom. The summed E-state index contributed by atoms with van der Waals surface area (Å²) in [6, 6.07) is 7.31. The summed E-state index contributed by atoms with van der Waals surface area (Å²) in [6.45, 7) is 3.99. The number of hydrogen-bond donors (Lipinski definition) is 0. The third-order valence-electron chi connectivity index (χ3n) is 4.36. The van der Waals surface area contributed by atoms with Crippen LogP contribution in [-0.4, -0.2) is 10.8 Å². The Morgan fingerprint density at radius 1 is 1.23 bits per heavy atom. The molecule has 0 unspecified atom stereocenters. The first kappa shape index (κ1) is 14.8. The molecule has 3 heteroatoms. The average Bonchev–Trinajstić information content (AvgIpc) is 3.06. The molecule has 1 saturated carbocycles. The molecule has 0 N–H and O–H groups in total. The van der Waals surface area contributed by atoms with E-state index in [2.05, 4.69) is 11.6 Å². The second-order valence-electron chi connectivity index (χ2n) is 6.05. The number of nitrogens with zero attached hydrogens (tertiary/aromatic N) is 1. The molecule has 22 heavy (non-hydrogen) atoms. The van der Waals surface area contributed by atoms with Crippen LogP contribution in [0, 0.1) is 5.92 Å². The molecule has 114 valence electrons. The molecule has 1 aliphatic carbocycles. The second-order valence-corrected chi connectivity index (χ2v) is 6.05. The lowest BCUT2D eigenvalue weighted by atomic mass is 9.84. The highest BCUT2D eigenvalue weighted by Gasteiger charge is 2.20. The van der Waals surface area contributed by atoms with Gasteiger partial charge < -0.3 is 4.42 Å². The molecule has 0 spiro atoms. The van der Waals surface area contributed by atoms with Crippen LogP contribution in [0.15, 0.2) is 53.2 Å². The number of pyridine rings is 1. The number of allylic oxidation sites excluding steroid dienone is 1. The fourth-order valence-electron chi connectivity index (χ4n) is 3.13. The van der Waals surface area contributed by atoms with E-state index in [1.807, 2.05) is 18.2 Å². The van der Waals surface area contributed by atoms with Crippen LogP contribution in [0.4, 0.5) is 0 Å². The Bertz CT molecular complexity index is 651. The van der Waals surface area contributed by atoms with E-state index < -0.39 is 0 Å². The summed E-state index contributed by atoms with van der Waals surface area (Å²) in [4.78, 5) is 16.5. The molecule has 0 aliphatic heterocycles. The van der Waals surface area contributed by atoms with E-state index in [4.69, 9.17) is 4.42 Å². The van der Waals surface area contributed by atoms with Gasteiger partial charge in [-0.25, -0.2) is 0 Å². The molecular formula is C19H21NO2. The van der Waals surface area contributed by atoms with Crippen LogP contribution in [-0.2, 0) is 0 Å². The molecule has 3 nitrogen and oxygen atoms in total. The van der Waals surface area contributed by atoms with E-state index in [1.54, 1.807) is 18.5 Å². The minimum atomic E-state index is -0.0688. The third kappa shape index (κ3) is 3.35. The number of furan rings is 1. The van der Waals surface area contributed by atoms with Gasteiger partial charge in [0, 0.05) is 18.0 Å². The Balaban J connectivity index is 1.67. The molecule has 0 atom stereocenters. The number of carbonyl (C=O) groups is 1. The van der Waals surface area contributed by atoms with Crippen LogP contribution >= 0.6 is 0 Å². The van der Waals surface area contributed by atoms with Crippen molar-refractivity contribution in [3.05, 3.63) is 54.6 Å². The van der Waals surface area contributed by atoms with Crippen LogP contribution in [0.2, 0.25) is 0 Å². The van der Waals surface area contributed by atoms with Crippen LogP contribution in [0.5, 0.6) is 0 Å². The van der Waals surface area contributed by atoms with Gasteiger partial charge in [-0.05, 0) is 42.2 Å². The molecule has 2 heterocycles.